The van der Waals surface area contributed by atoms with Crippen LogP contribution in [0.1, 0.15) is 45.2 Å². The van der Waals surface area contributed by atoms with Crippen LogP contribution in [-0.4, -0.2) is 37.6 Å². The second-order valence-electron chi connectivity index (χ2n) is 6.67. The number of carbonyl (C=O) groups is 1. The average molecular weight is 355 g/mol. The molecule has 2 atom stereocenters. The molecule has 1 N–H and O–H groups in total. The third kappa shape index (κ3) is 4.87. The van der Waals surface area contributed by atoms with Gasteiger partial charge in [0.15, 0.2) is 0 Å². The van der Waals surface area contributed by atoms with E-state index >= 15 is 0 Å². The van der Waals surface area contributed by atoms with Crippen molar-refractivity contribution in [1.29, 1.82) is 0 Å². The van der Waals surface area contributed by atoms with Gasteiger partial charge in [-0.05, 0) is 17.9 Å². The van der Waals surface area contributed by atoms with Crippen molar-refractivity contribution >= 4 is 18.3 Å². The summed E-state index contributed by atoms with van der Waals surface area (Å²) in [6.07, 6.45) is 1.69. The summed E-state index contributed by atoms with van der Waals surface area (Å²) in [4.78, 5) is 15.0. The lowest BCUT2D eigenvalue weighted by Crippen LogP contribution is -2.49. The van der Waals surface area contributed by atoms with Crippen LogP contribution in [0.4, 0.5) is 0 Å². The zero-order valence-corrected chi connectivity index (χ0v) is 16.1. The Labute approximate surface area is 152 Å². The van der Waals surface area contributed by atoms with Crippen LogP contribution in [0.15, 0.2) is 24.3 Å². The molecule has 1 amide bonds. The van der Waals surface area contributed by atoms with Gasteiger partial charge in [-0.3, -0.25) is 4.79 Å². The number of hydrogen-bond donors (Lipinski definition) is 1. The highest BCUT2D eigenvalue weighted by molar-refractivity contribution is 5.85. The molecule has 0 bridgehead atoms. The van der Waals surface area contributed by atoms with E-state index in [9.17, 15) is 4.79 Å². The minimum absolute atomic E-state index is 0. The average Bonchev–Trinajstić information content (AvgIpc) is 2.59. The Morgan fingerprint density at radius 3 is 2.71 bits per heavy atom. The first kappa shape index (κ1) is 20.8. The van der Waals surface area contributed by atoms with Crippen LogP contribution in [0, 0.1) is 11.8 Å². The number of rotatable bonds is 6. The van der Waals surface area contributed by atoms with Gasteiger partial charge in [0.05, 0.1) is 13.2 Å². The van der Waals surface area contributed by atoms with Crippen molar-refractivity contribution in [2.24, 2.45) is 11.8 Å². The van der Waals surface area contributed by atoms with E-state index in [1.807, 2.05) is 23.1 Å². The van der Waals surface area contributed by atoms with Gasteiger partial charge in [-0.1, -0.05) is 45.4 Å². The van der Waals surface area contributed by atoms with E-state index < -0.39 is 0 Å². The first-order valence-corrected chi connectivity index (χ1v) is 8.71. The molecule has 1 aliphatic rings. The molecule has 1 heterocycles. The molecule has 4 nitrogen and oxygen atoms in total. The number of nitrogens with zero attached hydrogens (tertiary/aromatic N) is 1. The Morgan fingerprint density at radius 1 is 1.38 bits per heavy atom. The van der Waals surface area contributed by atoms with E-state index in [1.165, 1.54) is 0 Å². The molecule has 1 fully saturated rings. The number of para-hydroxylation sites is 1. The van der Waals surface area contributed by atoms with Gasteiger partial charge >= 0.3 is 0 Å². The van der Waals surface area contributed by atoms with Crippen LogP contribution in [0.3, 0.4) is 0 Å². The van der Waals surface area contributed by atoms with Crippen LogP contribution in [-0.2, 0) is 4.79 Å². The molecule has 1 aromatic carbocycles. The normalized spacial score (nSPS) is 18.9. The summed E-state index contributed by atoms with van der Waals surface area (Å²) < 4.78 is 5.50. The van der Waals surface area contributed by atoms with Gasteiger partial charge in [-0.25, -0.2) is 0 Å². The van der Waals surface area contributed by atoms with Crippen LogP contribution < -0.4 is 10.1 Å². The summed E-state index contributed by atoms with van der Waals surface area (Å²) in [7, 11) is 1.69. The monoisotopic (exact) mass is 354 g/mol. The van der Waals surface area contributed by atoms with Gasteiger partial charge in [0, 0.05) is 31.6 Å². The number of nitrogens with one attached hydrogen (secondary N) is 1. The Kier molecular flexibility index (Phi) is 8.57. The summed E-state index contributed by atoms with van der Waals surface area (Å²) in [6.45, 7) is 8.98. The molecule has 1 aromatic rings. The number of ether oxygens (including phenoxy) is 1. The topological polar surface area (TPSA) is 41.6 Å². The highest BCUT2D eigenvalue weighted by Gasteiger charge is 2.31. The van der Waals surface area contributed by atoms with Crippen molar-refractivity contribution in [3.8, 4) is 5.75 Å². The molecule has 2 unspecified atom stereocenters. The minimum Gasteiger partial charge on any atom is -0.496 e. The Bertz CT molecular complexity index is 522. The second-order valence-corrected chi connectivity index (χ2v) is 6.67. The lowest BCUT2D eigenvalue weighted by molar-refractivity contribution is -0.136. The minimum atomic E-state index is 0. The molecule has 1 aliphatic heterocycles. The number of methoxy groups -OCH3 is 1. The number of benzene rings is 1. The van der Waals surface area contributed by atoms with Gasteiger partial charge in [0.25, 0.3) is 0 Å². The van der Waals surface area contributed by atoms with Crippen LogP contribution in [0.25, 0.3) is 0 Å². The van der Waals surface area contributed by atoms with E-state index in [2.05, 4.69) is 32.2 Å². The predicted octanol–water partition coefficient (Wildman–Crippen LogP) is 3.66. The standard InChI is InChI=1S/C19H30N2O2.ClH/c1-5-15(14(2)3)12-19(22)21-11-10-20-13-17(21)16-8-6-7-9-18(16)23-4;/h6-9,14-15,17,20H,5,10-13H2,1-4H3;1H. The van der Waals surface area contributed by atoms with Crippen molar-refractivity contribution in [2.45, 2.75) is 39.7 Å². The maximum absolute atomic E-state index is 12.9. The van der Waals surface area contributed by atoms with E-state index in [-0.39, 0.29) is 24.4 Å². The quantitative estimate of drug-likeness (QED) is 0.847. The molecule has 136 valence electrons. The molecule has 0 saturated carbocycles. The zero-order chi connectivity index (χ0) is 16.8. The molecule has 0 aliphatic carbocycles. The van der Waals surface area contributed by atoms with Gasteiger partial charge in [0.2, 0.25) is 5.91 Å². The highest BCUT2D eigenvalue weighted by atomic mass is 35.5. The van der Waals surface area contributed by atoms with Crippen molar-refractivity contribution < 1.29 is 9.53 Å². The lowest BCUT2D eigenvalue weighted by Gasteiger charge is -2.38. The summed E-state index contributed by atoms with van der Waals surface area (Å²) in [6, 6.07) is 8.07. The Morgan fingerprint density at radius 2 is 2.08 bits per heavy atom. The molecule has 1 saturated heterocycles. The Balaban J connectivity index is 0.00000288. The first-order chi connectivity index (χ1) is 11.1. The highest BCUT2D eigenvalue weighted by Crippen LogP contribution is 2.31. The first-order valence-electron chi connectivity index (χ1n) is 8.71. The van der Waals surface area contributed by atoms with Gasteiger partial charge in [-0.2, -0.15) is 0 Å². The lowest BCUT2D eigenvalue weighted by atomic mass is 9.89. The number of carbonyl (C=O) groups excluding carboxylic acids is 1. The SMILES string of the molecule is CCC(CC(=O)N1CCNCC1c1ccccc1OC)C(C)C.Cl. The fourth-order valence-corrected chi connectivity index (χ4v) is 3.42. The molecule has 2 rings (SSSR count). The molecular weight excluding hydrogens is 324 g/mol. The van der Waals surface area contributed by atoms with Crippen molar-refractivity contribution in [3.63, 3.8) is 0 Å². The number of hydrogen-bond acceptors (Lipinski definition) is 3. The molecule has 5 heteroatoms. The molecule has 24 heavy (non-hydrogen) atoms. The van der Waals surface area contributed by atoms with Crippen molar-refractivity contribution in [1.82, 2.24) is 10.2 Å². The summed E-state index contributed by atoms with van der Waals surface area (Å²) in [5.74, 6) is 2.12. The van der Waals surface area contributed by atoms with Crippen molar-refractivity contribution in [3.05, 3.63) is 29.8 Å². The number of piperazine rings is 1. The van der Waals surface area contributed by atoms with Gasteiger partial charge in [-0.15, -0.1) is 12.4 Å². The molecule has 0 aromatic heterocycles. The second kappa shape index (κ2) is 9.90. The zero-order valence-electron chi connectivity index (χ0n) is 15.2. The summed E-state index contributed by atoms with van der Waals surface area (Å²) in [5.41, 5.74) is 1.09. The smallest absolute Gasteiger partial charge is 0.223 e. The fourth-order valence-electron chi connectivity index (χ4n) is 3.42. The maximum atomic E-state index is 12.9. The van der Waals surface area contributed by atoms with E-state index in [1.54, 1.807) is 7.11 Å². The Hall–Kier alpha value is -1.26. The van der Waals surface area contributed by atoms with Gasteiger partial charge in [0.1, 0.15) is 5.75 Å². The van der Waals surface area contributed by atoms with E-state index in [4.69, 9.17) is 4.74 Å². The predicted molar refractivity (Wildman–Crippen MR) is 101 cm³/mol. The van der Waals surface area contributed by atoms with Crippen LogP contribution >= 0.6 is 12.4 Å². The maximum Gasteiger partial charge on any atom is 0.223 e. The number of amides is 1. The van der Waals surface area contributed by atoms with Crippen molar-refractivity contribution in [2.75, 3.05) is 26.7 Å². The van der Waals surface area contributed by atoms with Crippen LogP contribution in [0.2, 0.25) is 0 Å². The number of halogens is 1. The van der Waals surface area contributed by atoms with E-state index in [0.717, 1.165) is 37.4 Å². The molecular formula is C19H31ClN2O2. The summed E-state index contributed by atoms with van der Waals surface area (Å²) in [5, 5.41) is 3.41. The summed E-state index contributed by atoms with van der Waals surface area (Å²) >= 11 is 0. The van der Waals surface area contributed by atoms with Gasteiger partial charge < -0.3 is 15.0 Å². The van der Waals surface area contributed by atoms with Crippen LogP contribution in [0.5, 0.6) is 5.75 Å². The third-order valence-corrected chi connectivity index (χ3v) is 4.97. The van der Waals surface area contributed by atoms with E-state index in [0.29, 0.717) is 18.3 Å². The molecule has 0 radical (unpaired) electrons. The largest absolute Gasteiger partial charge is 0.496 e. The third-order valence-electron chi connectivity index (χ3n) is 4.97. The fraction of sp³-hybridized carbons (Fsp3) is 0.632. The molecule has 0 spiro atoms.